The molecule has 2 heterocycles. The topological polar surface area (TPSA) is 60.4 Å². The lowest BCUT2D eigenvalue weighted by atomic mass is 10.1. The van der Waals surface area contributed by atoms with Gasteiger partial charge < -0.3 is 4.42 Å². The highest BCUT2D eigenvalue weighted by molar-refractivity contribution is 9.10. The van der Waals surface area contributed by atoms with Gasteiger partial charge in [-0.25, -0.2) is 4.98 Å². The van der Waals surface area contributed by atoms with Crippen LogP contribution in [0.4, 0.5) is 0 Å². The van der Waals surface area contributed by atoms with Crippen molar-refractivity contribution in [3.8, 4) is 0 Å². The summed E-state index contributed by atoms with van der Waals surface area (Å²) in [5.74, 6) is 2.16. The summed E-state index contributed by atoms with van der Waals surface area (Å²) in [5, 5.41) is 4.88. The Labute approximate surface area is 148 Å². The van der Waals surface area contributed by atoms with E-state index in [1.807, 2.05) is 38.1 Å². The van der Waals surface area contributed by atoms with Gasteiger partial charge in [0.25, 0.3) is 5.56 Å². The molecular weight excluding hydrogens is 370 g/mol. The number of hydrogen-bond donors (Lipinski definition) is 0. The molecule has 0 N–H and O–H groups in total. The van der Waals surface area contributed by atoms with E-state index in [2.05, 4.69) is 32.9 Å². The second kappa shape index (κ2) is 6.73. The molecule has 0 bridgehead atoms. The van der Waals surface area contributed by atoms with Crippen LogP contribution in [0.1, 0.15) is 43.5 Å². The van der Waals surface area contributed by atoms with Gasteiger partial charge >= 0.3 is 0 Å². The van der Waals surface area contributed by atoms with Crippen molar-refractivity contribution >= 4 is 33.0 Å². The minimum atomic E-state index is -0.184. The van der Waals surface area contributed by atoms with Crippen LogP contribution in [0.15, 0.2) is 49.1 Å². The molecule has 3 rings (SSSR count). The maximum absolute atomic E-state index is 12.9. The molecule has 0 aliphatic carbocycles. The maximum atomic E-state index is 12.9. The third kappa shape index (κ3) is 3.19. The lowest BCUT2D eigenvalue weighted by Gasteiger charge is -2.13. The molecule has 2 aromatic heterocycles. The Morgan fingerprint density at radius 2 is 2.17 bits per heavy atom. The maximum Gasteiger partial charge on any atom is 0.282 e. The molecule has 0 aliphatic heterocycles. The number of fused-ring (bicyclic) bond motifs is 1. The predicted molar refractivity (Wildman–Crippen MR) is 98.8 cm³/mol. The van der Waals surface area contributed by atoms with Crippen LogP contribution >= 0.6 is 15.9 Å². The van der Waals surface area contributed by atoms with Crippen LogP contribution in [0.5, 0.6) is 0 Å². The van der Waals surface area contributed by atoms with Gasteiger partial charge in [-0.05, 0) is 43.7 Å². The summed E-state index contributed by atoms with van der Waals surface area (Å²) in [5.41, 5.74) is 0.495. The third-order valence-electron chi connectivity index (χ3n) is 3.95. The van der Waals surface area contributed by atoms with Crippen molar-refractivity contribution in [1.82, 2.24) is 9.66 Å². The molecule has 24 heavy (non-hydrogen) atoms. The van der Waals surface area contributed by atoms with Crippen LogP contribution in [-0.2, 0) is 0 Å². The molecule has 6 heteroatoms. The molecule has 124 valence electrons. The van der Waals surface area contributed by atoms with Gasteiger partial charge in [0, 0.05) is 10.4 Å². The van der Waals surface area contributed by atoms with Crippen molar-refractivity contribution in [1.29, 1.82) is 0 Å². The summed E-state index contributed by atoms with van der Waals surface area (Å²) in [6, 6.07) is 9.17. The lowest BCUT2D eigenvalue weighted by molar-refractivity contribution is 0.526. The van der Waals surface area contributed by atoms with Crippen molar-refractivity contribution in [2.24, 2.45) is 5.10 Å². The molecular formula is C18H18BrN3O2. The van der Waals surface area contributed by atoms with E-state index in [1.165, 1.54) is 4.68 Å². The van der Waals surface area contributed by atoms with Crippen LogP contribution in [0.25, 0.3) is 10.9 Å². The Bertz CT molecular complexity index is 972. The number of furan rings is 1. The molecule has 3 aromatic rings. The van der Waals surface area contributed by atoms with Gasteiger partial charge in [-0.2, -0.15) is 9.78 Å². The average Bonchev–Trinajstić information content (AvgIpc) is 2.99. The number of nitrogens with zero attached hydrogens (tertiary/aromatic N) is 3. The zero-order chi connectivity index (χ0) is 17.3. The summed E-state index contributed by atoms with van der Waals surface area (Å²) >= 11 is 3.40. The van der Waals surface area contributed by atoms with Gasteiger partial charge in [-0.3, -0.25) is 4.79 Å². The highest BCUT2D eigenvalue weighted by Gasteiger charge is 2.15. The first-order chi connectivity index (χ1) is 11.5. The van der Waals surface area contributed by atoms with Gasteiger partial charge in [0.15, 0.2) is 0 Å². The molecule has 0 fully saturated rings. The second-order valence-electron chi connectivity index (χ2n) is 5.75. The van der Waals surface area contributed by atoms with E-state index >= 15 is 0 Å². The molecule has 1 atom stereocenters. The molecule has 0 saturated carbocycles. The Kier molecular flexibility index (Phi) is 4.66. The first kappa shape index (κ1) is 16.6. The fraction of sp³-hybridized carbons (Fsp3) is 0.278. The number of aromatic nitrogens is 2. The first-order valence-electron chi connectivity index (χ1n) is 7.82. The van der Waals surface area contributed by atoms with Gasteiger partial charge in [0.1, 0.15) is 17.3 Å². The van der Waals surface area contributed by atoms with E-state index in [0.717, 1.165) is 16.7 Å². The van der Waals surface area contributed by atoms with Crippen LogP contribution in [0, 0.1) is 6.92 Å². The molecule has 1 aromatic carbocycles. The summed E-state index contributed by atoms with van der Waals surface area (Å²) < 4.78 is 7.70. The Morgan fingerprint density at radius 1 is 1.38 bits per heavy atom. The summed E-state index contributed by atoms with van der Waals surface area (Å²) in [4.78, 5) is 17.6. The Balaban J connectivity index is 2.20. The number of hydrogen-bond acceptors (Lipinski definition) is 4. The van der Waals surface area contributed by atoms with Crippen LogP contribution in [0.2, 0.25) is 0 Å². The smallest absolute Gasteiger partial charge is 0.282 e. The van der Waals surface area contributed by atoms with Crippen molar-refractivity contribution in [2.75, 3.05) is 0 Å². The fourth-order valence-corrected chi connectivity index (χ4v) is 2.78. The SMILES string of the molecule is CC[C@H](C)c1nc2ccc(Br)cc2c(=O)n1N=Cc1ccc(C)o1. The minimum absolute atomic E-state index is 0.112. The summed E-state index contributed by atoms with van der Waals surface area (Å²) in [6.45, 7) is 5.96. The largest absolute Gasteiger partial charge is 0.460 e. The minimum Gasteiger partial charge on any atom is -0.460 e. The molecule has 0 amide bonds. The number of aryl methyl sites for hydroxylation is 1. The number of benzene rings is 1. The van der Waals surface area contributed by atoms with E-state index in [1.54, 1.807) is 12.3 Å². The first-order valence-corrected chi connectivity index (χ1v) is 8.62. The number of rotatable bonds is 4. The van der Waals surface area contributed by atoms with Gasteiger partial charge in [0.05, 0.1) is 17.1 Å². The predicted octanol–water partition coefficient (Wildman–Crippen LogP) is 4.46. The molecule has 0 aliphatic rings. The highest BCUT2D eigenvalue weighted by Crippen LogP contribution is 2.20. The van der Waals surface area contributed by atoms with Gasteiger partial charge in [-0.15, -0.1) is 0 Å². The van der Waals surface area contributed by atoms with Crippen LogP contribution < -0.4 is 5.56 Å². The lowest BCUT2D eigenvalue weighted by Crippen LogP contribution is -2.23. The van der Waals surface area contributed by atoms with Crippen molar-refractivity contribution in [3.05, 3.63) is 62.5 Å². The molecule has 5 nitrogen and oxygen atoms in total. The quantitative estimate of drug-likeness (QED) is 0.621. The van der Waals surface area contributed by atoms with E-state index in [4.69, 9.17) is 4.42 Å². The van der Waals surface area contributed by atoms with E-state index in [0.29, 0.717) is 22.5 Å². The zero-order valence-electron chi connectivity index (χ0n) is 13.8. The van der Waals surface area contributed by atoms with Crippen LogP contribution in [0.3, 0.4) is 0 Å². The van der Waals surface area contributed by atoms with Crippen molar-refractivity contribution in [2.45, 2.75) is 33.1 Å². The third-order valence-corrected chi connectivity index (χ3v) is 4.44. The summed E-state index contributed by atoms with van der Waals surface area (Å²) in [7, 11) is 0. The standard InChI is InChI=1S/C18H18BrN3O2/c1-4-11(2)17-21-16-8-6-13(19)9-15(16)18(23)22(17)20-10-14-7-5-12(3)24-14/h5-11H,4H2,1-3H3/t11-/m0/s1. The van der Waals surface area contributed by atoms with E-state index in [9.17, 15) is 4.79 Å². The second-order valence-corrected chi connectivity index (χ2v) is 6.67. The van der Waals surface area contributed by atoms with Gasteiger partial charge in [-0.1, -0.05) is 29.8 Å². The van der Waals surface area contributed by atoms with E-state index in [-0.39, 0.29) is 11.5 Å². The highest BCUT2D eigenvalue weighted by atomic mass is 79.9. The summed E-state index contributed by atoms with van der Waals surface area (Å²) in [6.07, 6.45) is 2.41. The number of halogens is 1. The van der Waals surface area contributed by atoms with Crippen molar-refractivity contribution < 1.29 is 4.42 Å². The Morgan fingerprint density at radius 3 is 2.83 bits per heavy atom. The van der Waals surface area contributed by atoms with E-state index < -0.39 is 0 Å². The molecule has 0 unspecified atom stereocenters. The molecule has 0 saturated heterocycles. The Hall–Kier alpha value is -2.21. The molecule has 0 spiro atoms. The normalized spacial score (nSPS) is 13.0. The van der Waals surface area contributed by atoms with Crippen molar-refractivity contribution in [3.63, 3.8) is 0 Å². The van der Waals surface area contributed by atoms with Crippen LogP contribution in [-0.4, -0.2) is 15.9 Å². The molecule has 0 radical (unpaired) electrons. The average molecular weight is 388 g/mol. The monoisotopic (exact) mass is 387 g/mol. The fourth-order valence-electron chi connectivity index (χ4n) is 2.42. The van der Waals surface area contributed by atoms with Gasteiger partial charge in [0.2, 0.25) is 0 Å². The zero-order valence-corrected chi connectivity index (χ0v) is 15.4.